The summed E-state index contributed by atoms with van der Waals surface area (Å²) in [5.41, 5.74) is 5.11. The zero-order chi connectivity index (χ0) is 22.9. The lowest BCUT2D eigenvalue weighted by Gasteiger charge is -2.11. The van der Waals surface area contributed by atoms with E-state index >= 15 is 0 Å². The van der Waals surface area contributed by atoms with Crippen molar-refractivity contribution in [3.05, 3.63) is 41.0 Å². The molecule has 0 aromatic carbocycles. The van der Waals surface area contributed by atoms with Crippen LogP contribution in [0.15, 0.2) is 33.0 Å². The third-order valence-corrected chi connectivity index (χ3v) is 8.46. The Hall–Kier alpha value is -2.10. The molecule has 0 aliphatic heterocycles. The number of nitrogens with one attached hydrogen (secondary N) is 1. The second-order valence-corrected chi connectivity index (χ2v) is 11.3. The number of nitrogens with zero attached hydrogens (tertiary/aromatic N) is 3. The summed E-state index contributed by atoms with van der Waals surface area (Å²) >= 11 is 4.66. The summed E-state index contributed by atoms with van der Waals surface area (Å²) < 4.78 is 6.33. The van der Waals surface area contributed by atoms with Crippen LogP contribution in [0.5, 0.6) is 0 Å². The highest BCUT2D eigenvalue weighted by molar-refractivity contribution is 8.00. The standard InChI is InChI=1S/C24H26N4O2S3/c1-13(2)10-17-15-7-4-8-16(15)19-20-21(33-22(19)26-17)23(28-24(27-20)31-3)32-12-18(29)25-11-14-6-5-9-30-14/h5-6,9,13H,4,7-8,10-12H2,1-3H3,(H,25,29). The van der Waals surface area contributed by atoms with E-state index in [-0.39, 0.29) is 5.91 Å². The molecule has 0 saturated carbocycles. The third kappa shape index (κ3) is 4.63. The Balaban J connectivity index is 1.49. The molecule has 4 heterocycles. The summed E-state index contributed by atoms with van der Waals surface area (Å²) in [4.78, 5) is 28.3. The van der Waals surface area contributed by atoms with Gasteiger partial charge in [-0.15, -0.1) is 11.3 Å². The van der Waals surface area contributed by atoms with Crippen molar-refractivity contribution in [2.45, 2.75) is 56.3 Å². The number of hydrogen-bond acceptors (Lipinski definition) is 8. The monoisotopic (exact) mass is 498 g/mol. The van der Waals surface area contributed by atoms with E-state index in [0.717, 1.165) is 50.3 Å². The number of thiophene rings is 1. The van der Waals surface area contributed by atoms with Crippen molar-refractivity contribution in [2.75, 3.05) is 12.0 Å². The lowest BCUT2D eigenvalue weighted by Crippen LogP contribution is -2.24. The number of carbonyl (C=O) groups is 1. The predicted octanol–water partition coefficient (Wildman–Crippen LogP) is 5.65. The molecule has 1 amide bonds. The van der Waals surface area contributed by atoms with Gasteiger partial charge < -0.3 is 9.73 Å². The maximum atomic E-state index is 12.4. The Labute approximate surface area is 205 Å². The molecule has 4 aromatic rings. The predicted molar refractivity (Wildman–Crippen MR) is 136 cm³/mol. The van der Waals surface area contributed by atoms with E-state index in [0.29, 0.717) is 18.2 Å². The molecule has 9 heteroatoms. The number of thioether (sulfide) groups is 2. The Bertz CT molecular complexity index is 1310. The molecule has 0 unspecified atom stereocenters. The molecule has 1 aliphatic rings. The minimum atomic E-state index is -0.0480. The van der Waals surface area contributed by atoms with Crippen LogP contribution in [0, 0.1) is 5.92 Å². The van der Waals surface area contributed by atoms with Crippen molar-refractivity contribution in [1.82, 2.24) is 20.3 Å². The molecule has 4 aromatic heterocycles. The first kappa shape index (κ1) is 22.7. The van der Waals surface area contributed by atoms with E-state index < -0.39 is 0 Å². The molecule has 1 N–H and O–H groups in total. The second kappa shape index (κ2) is 9.64. The summed E-state index contributed by atoms with van der Waals surface area (Å²) in [6.07, 6.45) is 7.97. The van der Waals surface area contributed by atoms with E-state index in [9.17, 15) is 4.79 Å². The van der Waals surface area contributed by atoms with E-state index in [4.69, 9.17) is 19.4 Å². The van der Waals surface area contributed by atoms with Gasteiger partial charge in [0.1, 0.15) is 15.6 Å². The van der Waals surface area contributed by atoms with Crippen LogP contribution in [-0.2, 0) is 30.6 Å². The Morgan fingerprint density at radius 2 is 2.09 bits per heavy atom. The fourth-order valence-corrected chi connectivity index (χ4v) is 6.85. The van der Waals surface area contributed by atoms with E-state index in [1.54, 1.807) is 17.6 Å². The second-order valence-electron chi connectivity index (χ2n) is 8.59. The van der Waals surface area contributed by atoms with Gasteiger partial charge in [0.15, 0.2) is 5.16 Å². The van der Waals surface area contributed by atoms with Crippen LogP contribution in [0.25, 0.3) is 20.4 Å². The lowest BCUT2D eigenvalue weighted by atomic mass is 9.99. The van der Waals surface area contributed by atoms with Gasteiger partial charge >= 0.3 is 0 Å². The summed E-state index contributed by atoms with van der Waals surface area (Å²) in [7, 11) is 0. The number of fused-ring (bicyclic) bond motifs is 5. The first-order valence-corrected chi connectivity index (χ1v) is 14.2. The van der Waals surface area contributed by atoms with Crippen molar-refractivity contribution >= 4 is 61.2 Å². The molecule has 0 atom stereocenters. The Kier molecular flexibility index (Phi) is 6.62. The molecule has 0 spiro atoms. The number of pyridine rings is 1. The highest BCUT2D eigenvalue weighted by Crippen LogP contribution is 2.43. The largest absolute Gasteiger partial charge is 0.467 e. The summed E-state index contributed by atoms with van der Waals surface area (Å²) in [5.74, 6) is 1.55. The molecule has 1 aliphatic carbocycles. The highest BCUT2D eigenvalue weighted by Gasteiger charge is 2.25. The summed E-state index contributed by atoms with van der Waals surface area (Å²) in [6.45, 7) is 4.89. The van der Waals surface area contributed by atoms with Crippen molar-refractivity contribution < 1.29 is 9.21 Å². The number of amides is 1. The van der Waals surface area contributed by atoms with E-state index in [1.807, 2.05) is 18.4 Å². The SMILES string of the molecule is CSc1nc(SCC(=O)NCc2ccco2)c2sc3nc(CC(C)C)c4c(c3c2n1)CCC4. The Morgan fingerprint density at radius 3 is 2.85 bits per heavy atom. The van der Waals surface area contributed by atoms with Gasteiger partial charge in [-0.2, -0.15) is 0 Å². The third-order valence-electron chi connectivity index (χ3n) is 5.73. The first-order valence-electron chi connectivity index (χ1n) is 11.1. The topological polar surface area (TPSA) is 80.9 Å². The minimum Gasteiger partial charge on any atom is -0.467 e. The van der Waals surface area contributed by atoms with Crippen molar-refractivity contribution in [3.63, 3.8) is 0 Å². The van der Waals surface area contributed by atoms with Crippen LogP contribution >= 0.6 is 34.9 Å². The van der Waals surface area contributed by atoms with Gasteiger partial charge in [-0.3, -0.25) is 4.79 Å². The summed E-state index contributed by atoms with van der Waals surface area (Å²) in [5, 5.41) is 5.71. The average molecular weight is 499 g/mol. The van der Waals surface area contributed by atoms with Crippen molar-refractivity contribution in [2.24, 2.45) is 5.92 Å². The summed E-state index contributed by atoms with van der Waals surface area (Å²) in [6, 6.07) is 3.67. The molecule has 0 radical (unpaired) electrons. The fraction of sp³-hybridized carbons (Fsp3) is 0.417. The number of rotatable bonds is 8. The quantitative estimate of drug-likeness (QED) is 0.191. The number of furan rings is 1. The van der Waals surface area contributed by atoms with Gasteiger partial charge in [0.25, 0.3) is 0 Å². The van der Waals surface area contributed by atoms with Crippen LogP contribution in [0.2, 0.25) is 0 Å². The maximum absolute atomic E-state index is 12.4. The fourth-order valence-electron chi connectivity index (χ4n) is 4.33. The molecular formula is C24H26N4O2S3. The lowest BCUT2D eigenvalue weighted by molar-refractivity contribution is -0.118. The van der Waals surface area contributed by atoms with Gasteiger partial charge in [-0.05, 0) is 61.1 Å². The molecular weight excluding hydrogens is 472 g/mol. The van der Waals surface area contributed by atoms with E-state index in [2.05, 4.69) is 19.2 Å². The van der Waals surface area contributed by atoms with Crippen LogP contribution in [0.1, 0.15) is 42.8 Å². The molecule has 0 saturated heterocycles. The molecule has 6 nitrogen and oxygen atoms in total. The van der Waals surface area contributed by atoms with Crippen LogP contribution in [0.4, 0.5) is 0 Å². The molecule has 33 heavy (non-hydrogen) atoms. The van der Waals surface area contributed by atoms with Crippen LogP contribution < -0.4 is 5.32 Å². The number of aryl methyl sites for hydroxylation is 1. The molecule has 172 valence electrons. The normalized spacial score (nSPS) is 13.3. The van der Waals surface area contributed by atoms with Crippen LogP contribution in [-0.4, -0.2) is 32.9 Å². The minimum absolute atomic E-state index is 0.0480. The smallest absolute Gasteiger partial charge is 0.230 e. The van der Waals surface area contributed by atoms with E-state index in [1.165, 1.54) is 52.2 Å². The van der Waals surface area contributed by atoms with Crippen molar-refractivity contribution in [3.8, 4) is 0 Å². The van der Waals surface area contributed by atoms with Gasteiger partial charge in [-0.1, -0.05) is 37.4 Å². The maximum Gasteiger partial charge on any atom is 0.230 e. The zero-order valence-corrected chi connectivity index (χ0v) is 21.4. The number of aromatic nitrogens is 3. The molecule has 5 rings (SSSR count). The number of carbonyl (C=O) groups excluding carboxylic acids is 1. The first-order chi connectivity index (χ1) is 16.0. The van der Waals surface area contributed by atoms with Gasteiger partial charge in [0.05, 0.1) is 28.8 Å². The van der Waals surface area contributed by atoms with Crippen molar-refractivity contribution in [1.29, 1.82) is 0 Å². The molecule has 0 fully saturated rings. The van der Waals surface area contributed by atoms with Gasteiger partial charge in [0.2, 0.25) is 5.91 Å². The highest BCUT2D eigenvalue weighted by atomic mass is 32.2. The zero-order valence-electron chi connectivity index (χ0n) is 18.9. The Morgan fingerprint density at radius 1 is 1.24 bits per heavy atom. The average Bonchev–Trinajstić information content (AvgIpc) is 3.54. The van der Waals surface area contributed by atoms with Gasteiger partial charge in [0, 0.05) is 11.1 Å². The molecule has 0 bridgehead atoms. The van der Waals surface area contributed by atoms with Gasteiger partial charge in [-0.25, -0.2) is 15.0 Å². The number of hydrogen-bond donors (Lipinski definition) is 1. The van der Waals surface area contributed by atoms with Crippen LogP contribution in [0.3, 0.4) is 0 Å².